The van der Waals surface area contributed by atoms with Crippen LogP contribution >= 0.6 is 0 Å². The number of pyridine rings is 4. The van der Waals surface area contributed by atoms with E-state index in [2.05, 4.69) is 229 Å². The van der Waals surface area contributed by atoms with Gasteiger partial charge in [-0.05, 0) is 39.5 Å². The molecule has 0 aliphatic carbocycles. The van der Waals surface area contributed by atoms with Gasteiger partial charge in [0.25, 0.3) is 0 Å². The van der Waals surface area contributed by atoms with Gasteiger partial charge in [-0.1, -0.05) is 100 Å². The monoisotopic (exact) mass is 1040 g/mol. The highest BCUT2D eigenvalue weighted by atomic mass is 79.9. The summed E-state index contributed by atoms with van der Waals surface area (Å²) < 4.78 is 87.0. The second kappa shape index (κ2) is 23.6. The molecule has 0 radical (unpaired) electrons. The summed E-state index contributed by atoms with van der Waals surface area (Å²) in [6, 6.07) is 48.4. The average molecular weight is 1040 g/mol. The molecule has 0 atom stereocenters. The van der Waals surface area contributed by atoms with Crippen LogP contribution in [0.15, 0.2) is 183 Å². The van der Waals surface area contributed by atoms with E-state index in [1.807, 2.05) is 0 Å². The predicted octanol–water partition coefficient (Wildman–Crippen LogP) is 6.25. The number of benzene rings is 4. The smallest absolute Gasteiger partial charge is 0.673 e. The second-order valence-corrected chi connectivity index (χ2v) is 15.9. The number of aromatic nitrogens is 4. The second-order valence-electron chi connectivity index (χ2n) is 15.9. The third kappa shape index (κ3) is 15.2. The molecule has 0 bridgehead atoms. The Morgan fingerprint density at radius 3 is 0.970 bits per heavy atom. The molecule has 0 saturated heterocycles. The van der Waals surface area contributed by atoms with Crippen molar-refractivity contribution in [3.63, 3.8) is 0 Å². The highest BCUT2D eigenvalue weighted by molar-refractivity contribution is 6.50. The maximum absolute atomic E-state index is 9.75. The van der Waals surface area contributed by atoms with Crippen molar-refractivity contribution in [1.29, 1.82) is 0 Å². The molecule has 0 saturated carbocycles. The molecule has 4 nitrogen and oxygen atoms in total. The number of fused-ring (bicyclic) bond motifs is 1. The van der Waals surface area contributed by atoms with Crippen molar-refractivity contribution in [3.05, 3.63) is 205 Å². The minimum Gasteiger partial charge on any atom is -1.00 e. The largest absolute Gasteiger partial charge is 1.00 e. The summed E-state index contributed by atoms with van der Waals surface area (Å²) in [5.41, 5.74) is 12.6. The van der Waals surface area contributed by atoms with E-state index < -0.39 is 14.5 Å². The number of rotatable bonds is 10. The first-order valence-corrected chi connectivity index (χ1v) is 20.9. The Hall–Kier alpha value is -5.73. The zero-order valence-electron chi connectivity index (χ0n) is 36.6. The summed E-state index contributed by atoms with van der Waals surface area (Å²) in [6.45, 7) is 10.6. The summed E-state index contributed by atoms with van der Waals surface area (Å²) >= 11 is 0. The molecule has 16 heteroatoms. The number of hydrogen-bond donors (Lipinski definition) is 0. The van der Waals surface area contributed by atoms with E-state index in [-0.39, 0.29) is 34.0 Å². The molecule has 4 aromatic heterocycles. The molecule has 0 amide bonds. The molecule has 4 aromatic carbocycles. The molecule has 66 heavy (non-hydrogen) atoms. The van der Waals surface area contributed by atoms with E-state index in [0.717, 1.165) is 13.1 Å². The lowest BCUT2D eigenvalue weighted by Crippen LogP contribution is -3.00. The van der Waals surface area contributed by atoms with E-state index in [4.69, 9.17) is 0 Å². The quantitative estimate of drug-likeness (QED) is 0.0876. The van der Waals surface area contributed by atoms with Gasteiger partial charge in [0.15, 0.2) is 62.7 Å². The van der Waals surface area contributed by atoms with E-state index in [9.17, 15) is 34.5 Å². The molecule has 344 valence electrons. The predicted molar refractivity (Wildman–Crippen MR) is 238 cm³/mol. The van der Waals surface area contributed by atoms with Crippen LogP contribution in [0.5, 0.6) is 0 Å². The molecule has 0 spiro atoms. The number of para-hydroxylation sites is 2. The maximum Gasteiger partial charge on any atom is 0.673 e. The maximum atomic E-state index is 9.75. The third-order valence-electron chi connectivity index (χ3n) is 10.6. The summed E-state index contributed by atoms with van der Waals surface area (Å²) in [4.78, 5) is 0. The lowest BCUT2D eigenvalue weighted by molar-refractivity contribution is -0.688. The topological polar surface area (TPSA) is 15.5 Å². The van der Waals surface area contributed by atoms with E-state index in [0.29, 0.717) is 11.8 Å². The van der Waals surface area contributed by atoms with Crippen molar-refractivity contribution in [1.82, 2.24) is 0 Å². The first kappa shape index (κ1) is 52.9. The Kier molecular flexibility index (Phi) is 18.9. The van der Waals surface area contributed by atoms with Crippen molar-refractivity contribution < 1.29 is 86.8 Å². The van der Waals surface area contributed by atoms with Crippen LogP contribution in [-0.4, -0.2) is 14.5 Å². The van der Waals surface area contributed by atoms with Crippen LogP contribution in [0.2, 0.25) is 0 Å². The summed E-state index contributed by atoms with van der Waals surface area (Å²) in [6.07, 6.45) is 17.5. The van der Waals surface area contributed by atoms with Gasteiger partial charge in [-0.15, -0.1) is 0 Å². The van der Waals surface area contributed by atoms with Crippen LogP contribution in [-0.2, 0) is 13.1 Å². The summed E-state index contributed by atoms with van der Waals surface area (Å²) in [5, 5.41) is 2.60. The first-order chi connectivity index (χ1) is 30.4. The van der Waals surface area contributed by atoms with Crippen molar-refractivity contribution in [2.45, 2.75) is 52.6 Å². The van der Waals surface area contributed by atoms with Crippen LogP contribution in [0.3, 0.4) is 0 Å². The molecule has 8 rings (SSSR count). The van der Waals surface area contributed by atoms with Crippen LogP contribution in [0.25, 0.3) is 44.4 Å². The Labute approximate surface area is 401 Å². The minimum absolute atomic E-state index is 0. The van der Waals surface area contributed by atoms with Gasteiger partial charge in [0.1, 0.15) is 0 Å². The fourth-order valence-electron chi connectivity index (χ4n) is 7.65. The zero-order chi connectivity index (χ0) is 46.0. The lowest BCUT2D eigenvalue weighted by Gasteiger charge is -2.10. The molecular formula is C50H48B2Br2F8N4. The van der Waals surface area contributed by atoms with Crippen LogP contribution in [0, 0.1) is 0 Å². The van der Waals surface area contributed by atoms with Gasteiger partial charge >= 0.3 is 14.5 Å². The van der Waals surface area contributed by atoms with E-state index >= 15 is 0 Å². The normalized spacial score (nSPS) is 11.2. The van der Waals surface area contributed by atoms with Crippen LogP contribution in [0.1, 0.15) is 61.8 Å². The molecular weight excluding hydrogens is 990 g/mol. The van der Waals surface area contributed by atoms with Gasteiger partial charge in [0.05, 0.1) is 0 Å². The first-order valence-electron chi connectivity index (χ1n) is 20.9. The number of nitrogens with zero attached hydrogens (tertiary/aromatic N) is 4. The van der Waals surface area contributed by atoms with Gasteiger partial charge in [0, 0.05) is 88.3 Å². The Morgan fingerprint density at radius 2 is 0.667 bits per heavy atom. The minimum atomic E-state index is -6.00. The van der Waals surface area contributed by atoms with E-state index in [1.165, 1.54) is 66.7 Å². The Balaban J connectivity index is 0.000000720. The summed E-state index contributed by atoms with van der Waals surface area (Å²) in [7, 11) is -12.0. The van der Waals surface area contributed by atoms with E-state index in [1.54, 1.807) is 0 Å². The third-order valence-corrected chi connectivity index (χ3v) is 10.6. The molecule has 8 aromatic rings. The highest BCUT2D eigenvalue weighted by Gasteiger charge is 2.22. The number of halogens is 10. The van der Waals surface area contributed by atoms with Crippen LogP contribution in [0.4, 0.5) is 34.5 Å². The number of hydrogen-bond acceptors (Lipinski definition) is 0. The SMILES string of the molecule is CC(C)c1ccccc1-[n+]1ccc(-c2cc[n+](Cc3cccc4cccc(C[n+]5ccc(-c6cc[n+](-c7ccccc7C(C)C)cc6)cc5)c34)cc2)cc1.F[B-](F)(F)F.F[B-](F)(F)F.[Br-].[Br-]. The summed E-state index contributed by atoms with van der Waals surface area (Å²) in [5.74, 6) is 0.933. The van der Waals surface area contributed by atoms with Crippen molar-refractivity contribution in [2.24, 2.45) is 0 Å². The fraction of sp³-hybridized carbons (Fsp3) is 0.160. The molecule has 0 aliphatic rings. The van der Waals surface area contributed by atoms with Crippen molar-refractivity contribution in [2.75, 3.05) is 0 Å². The molecule has 0 fully saturated rings. The van der Waals surface area contributed by atoms with Crippen molar-refractivity contribution in [3.8, 4) is 33.6 Å². The van der Waals surface area contributed by atoms with Crippen molar-refractivity contribution >= 4 is 25.3 Å². The Morgan fingerprint density at radius 1 is 0.379 bits per heavy atom. The fourth-order valence-corrected chi connectivity index (χ4v) is 7.65. The standard InChI is InChI=1S/C50H48N4.2BF4.2BrH/c1-37(2)46-15-5-7-17-48(46)53-31-23-41(24-32-53)39-19-27-51(28-20-39)35-44-13-9-11-43-12-10-14-45(50(43)44)36-52-29-21-40(22-30-52)42-25-33-54(34-26-42)49-18-8-6-16-47(49)38(3)4;2*2-1(3,4)5;;/h5-34,37-38H,35-36H2,1-4H3;;;2*1H/q+4;2*-1;;/p-2. The highest BCUT2D eigenvalue weighted by Crippen LogP contribution is 2.26. The van der Waals surface area contributed by atoms with Gasteiger partial charge < -0.3 is 68.5 Å². The zero-order valence-corrected chi connectivity index (χ0v) is 39.8. The lowest BCUT2D eigenvalue weighted by atomic mass is 9.98. The molecule has 0 aliphatic heterocycles. The molecule has 0 unspecified atom stereocenters. The molecule has 0 N–H and O–H groups in total. The molecule has 4 heterocycles. The average Bonchev–Trinajstić information content (AvgIpc) is 3.26. The van der Waals surface area contributed by atoms with Gasteiger partial charge in [-0.2, -0.15) is 9.13 Å². The van der Waals surface area contributed by atoms with Gasteiger partial charge in [-0.25, -0.2) is 9.13 Å². The van der Waals surface area contributed by atoms with Crippen LogP contribution < -0.4 is 52.2 Å². The van der Waals surface area contributed by atoms with Gasteiger partial charge in [-0.3, -0.25) is 0 Å². The van der Waals surface area contributed by atoms with Gasteiger partial charge in [0.2, 0.25) is 11.4 Å². The Bertz CT molecular complexity index is 2570.